The van der Waals surface area contributed by atoms with E-state index in [2.05, 4.69) is 4.98 Å². The maximum atomic E-state index is 12.4. The van der Waals surface area contributed by atoms with Gasteiger partial charge in [0.1, 0.15) is 18.3 Å². The minimum absolute atomic E-state index is 0.0130. The third-order valence-corrected chi connectivity index (χ3v) is 4.28. The van der Waals surface area contributed by atoms with Gasteiger partial charge in [0.25, 0.3) is 5.88 Å². The summed E-state index contributed by atoms with van der Waals surface area (Å²) >= 11 is 0. The van der Waals surface area contributed by atoms with Crippen molar-refractivity contribution in [3.63, 3.8) is 0 Å². The standard InChI is InChI=1S/C15H19N3O9/c16-12-11-14(27-8(21)4-2-1-3-7(20)26-11)18(15(24)17-12)13-10(23)9(22)6(5-19)25-13/h6,9-10,13,19,22-23H,1-5H2,(H2,16,17,24)/t6-,9-,10-,13?/m1/s1. The number of carbonyl (C=O) groups excluding carboxylic acids is 2. The molecule has 0 radical (unpaired) electrons. The number of carbonyl (C=O) groups is 2. The van der Waals surface area contributed by atoms with E-state index < -0.39 is 66.2 Å². The number of ether oxygens (including phenoxy) is 3. The van der Waals surface area contributed by atoms with Crippen molar-refractivity contribution in [1.29, 1.82) is 0 Å². The van der Waals surface area contributed by atoms with Gasteiger partial charge in [-0.05, 0) is 12.8 Å². The van der Waals surface area contributed by atoms with Gasteiger partial charge in [0.2, 0.25) is 5.75 Å². The number of aliphatic hydroxyl groups excluding tert-OH is 3. The van der Waals surface area contributed by atoms with Gasteiger partial charge in [-0.25, -0.2) is 9.36 Å². The van der Waals surface area contributed by atoms with E-state index in [0.29, 0.717) is 17.4 Å². The van der Waals surface area contributed by atoms with Gasteiger partial charge < -0.3 is 35.3 Å². The van der Waals surface area contributed by atoms with E-state index in [4.69, 9.17) is 19.9 Å². The van der Waals surface area contributed by atoms with E-state index in [0.717, 1.165) is 0 Å². The first kappa shape index (κ1) is 19.2. The van der Waals surface area contributed by atoms with Gasteiger partial charge >= 0.3 is 17.6 Å². The molecule has 12 nitrogen and oxygen atoms in total. The second-order valence-electron chi connectivity index (χ2n) is 6.17. The van der Waals surface area contributed by atoms with E-state index in [1.807, 2.05) is 0 Å². The molecule has 1 fully saturated rings. The molecular weight excluding hydrogens is 366 g/mol. The van der Waals surface area contributed by atoms with Crippen molar-refractivity contribution in [2.45, 2.75) is 50.2 Å². The fourth-order valence-electron chi connectivity index (χ4n) is 2.89. The molecule has 0 aliphatic carbocycles. The number of hydrogen-bond acceptors (Lipinski definition) is 11. The van der Waals surface area contributed by atoms with Crippen LogP contribution < -0.4 is 20.9 Å². The Bertz CT molecular complexity index is 808. The number of aliphatic hydroxyl groups is 3. The SMILES string of the molecule is Nc1nc(=O)n(C2O[C@H](CO)[C@@H](O)[C@H]2O)c2c1OC(=O)CCCCC(=O)O2. The van der Waals surface area contributed by atoms with E-state index in [1.54, 1.807) is 0 Å². The third kappa shape index (κ3) is 3.64. The normalized spacial score (nSPS) is 29.0. The van der Waals surface area contributed by atoms with Gasteiger partial charge in [0.05, 0.1) is 6.61 Å². The van der Waals surface area contributed by atoms with Crippen LogP contribution in [0, 0.1) is 0 Å². The molecule has 2 aliphatic heterocycles. The van der Waals surface area contributed by atoms with Gasteiger partial charge in [0.15, 0.2) is 12.0 Å². The summed E-state index contributed by atoms with van der Waals surface area (Å²) in [6.45, 7) is -0.636. The highest BCUT2D eigenvalue weighted by Crippen LogP contribution is 2.38. The van der Waals surface area contributed by atoms with Crippen LogP contribution in [0.2, 0.25) is 0 Å². The fourth-order valence-corrected chi connectivity index (χ4v) is 2.89. The topological polar surface area (TPSA) is 183 Å². The second kappa shape index (κ2) is 7.60. The van der Waals surface area contributed by atoms with Crippen LogP contribution >= 0.6 is 0 Å². The Hall–Kier alpha value is -2.54. The number of esters is 2. The third-order valence-electron chi connectivity index (χ3n) is 4.28. The van der Waals surface area contributed by atoms with Crippen LogP contribution in [-0.4, -0.2) is 61.7 Å². The Morgan fingerprint density at radius 1 is 1.07 bits per heavy atom. The van der Waals surface area contributed by atoms with Crippen LogP contribution in [0.5, 0.6) is 11.6 Å². The first-order chi connectivity index (χ1) is 12.8. The van der Waals surface area contributed by atoms with Gasteiger partial charge in [-0.3, -0.25) is 9.59 Å². The molecule has 3 heterocycles. The highest BCUT2D eigenvalue weighted by molar-refractivity contribution is 5.78. The Kier molecular flexibility index (Phi) is 5.41. The van der Waals surface area contributed by atoms with Crippen LogP contribution in [-0.2, 0) is 14.3 Å². The highest BCUT2D eigenvalue weighted by atomic mass is 16.6. The van der Waals surface area contributed by atoms with Crippen LogP contribution in [0.1, 0.15) is 31.9 Å². The molecule has 4 atom stereocenters. The molecule has 12 heteroatoms. The van der Waals surface area contributed by atoms with E-state index >= 15 is 0 Å². The maximum Gasteiger partial charge on any atom is 0.354 e. The average molecular weight is 385 g/mol. The number of rotatable bonds is 2. The van der Waals surface area contributed by atoms with Crippen LogP contribution in [0.4, 0.5) is 5.82 Å². The zero-order valence-electron chi connectivity index (χ0n) is 14.1. The molecule has 27 heavy (non-hydrogen) atoms. The maximum absolute atomic E-state index is 12.4. The largest absolute Gasteiger partial charge is 0.417 e. The average Bonchev–Trinajstić information content (AvgIpc) is 2.90. The summed E-state index contributed by atoms with van der Waals surface area (Å²) in [4.78, 5) is 39.9. The molecule has 1 saturated heterocycles. The minimum atomic E-state index is -1.65. The van der Waals surface area contributed by atoms with Crippen molar-refractivity contribution < 1.29 is 39.1 Å². The molecule has 148 valence electrons. The Morgan fingerprint density at radius 3 is 2.30 bits per heavy atom. The number of nitrogen functional groups attached to an aromatic ring is 1. The summed E-state index contributed by atoms with van der Waals surface area (Å²) in [5.74, 6) is -2.91. The van der Waals surface area contributed by atoms with Crippen molar-refractivity contribution in [2.24, 2.45) is 0 Å². The summed E-state index contributed by atoms with van der Waals surface area (Å²) in [5.41, 5.74) is 4.59. The summed E-state index contributed by atoms with van der Waals surface area (Å²) in [6, 6.07) is 0. The number of aromatic nitrogens is 2. The Morgan fingerprint density at radius 2 is 1.70 bits per heavy atom. The predicted molar refractivity (Wildman–Crippen MR) is 85.7 cm³/mol. The predicted octanol–water partition coefficient (Wildman–Crippen LogP) is -2.18. The summed E-state index contributed by atoms with van der Waals surface area (Å²) < 4.78 is 16.2. The Labute approximate surface area is 152 Å². The number of anilines is 1. The monoisotopic (exact) mass is 385 g/mol. The quantitative estimate of drug-likeness (QED) is 0.406. The lowest BCUT2D eigenvalue weighted by molar-refractivity contribution is -0.139. The Balaban J connectivity index is 2.14. The molecule has 0 spiro atoms. The number of nitrogens with zero attached hydrogens (tertiary/aromatic N) is 2. The molecule has 0 amide bonds. The summed E-state index contributed by atoms with van der Waals surface area (Å²) in [6.07, 6.45) is -5.17. The number of fused-ring (bicyclic) bond motifs is 1. The molecule has 0 bridgehead atoms. The van der Waals surface area contributed by atoms with Gasteiger partial charge in [-0.15, -0.1) is 0 Å². The number of nitrogens with two attached hydrogens (primary N) is 1. The molecular formula is C15H19N3O9. The van der Waals surface area contributed by atoms with Crippen molar-refractivity contribution in [3.05, 3.63) is 10.5 Å². The van der Waals surface area contributed by atoms with Crippen LogP contribution in [0.15, 0.2) is 4.79 Å². The van der Waals surface area contributed by atoms with Crippen molar-refractivity contribution in [3.8, 4) is 11.6 Å². The molecule has 0 saturated carbocycles. The second-order valence-corrected chi connectivity index (χ2v) is 6.17. The zero-order valence-corrected chi connectivity index (χ0v) is 14.1. The summed E-state index contributed by atoms with van der Waals surface area (Å²) in [7, 11) is 0. The number of hydrogen-bond donors (Lipinski definition) is 4. The van der Waals surface area contributed by atoms with Gasteiger partial charge in [-0.2, -0.15) is 4.98 Å². The first-order valence-electron chi connectivity index (χ1n) is 8.29. The minimum Gasteiger partial charge on any atom is -0.417 e. The molecule has 0 aromatic carbocycles. The smallest absolute Gasteiger partial charge is 0.354 e. The van der Waals surface area contributed by atoms with E-state index in [1.165, 1.54) is 0 Å². The van der Waals surface area contributed by atoms with Gasteiger partial charge in [0, 0.05) is 12.8 Å². The molecule has 1 aromatic heterocycles. The molecule has 5 N–H and O–H groups in total. The van der Waals surface area contributed by atoms with Crippen LogP contribution in [0.3, 0.4) is 0 Å². The molecule has 1 aromatic rings. The van der Waals surface area contributed by atoms with Crippen molar-refractivity contribution in [1.82, 2.24) is 9.55 Å². The van der Waals surface area contributed by atoms with Crippen molar-refractivity contribution >= 4 is 17.8 Å². The summed E-state index contributed by atoms with van der Waals surface area (Å²) in [5, 5.41) is 29.4. The van der Waals surface area contributed by atoms with E-state index in [9.17, 15) is 29.7 Å². The molecule has 2 aliphatic rings. The van der Waals surface area contributed by atoms with Crippen molar-refractivity contribution in [2.75, 3.05) is 12.3 Å². The van der Waals surface area contributed by atoms with E-state index in [-0.39, 0.29) is 12.8 Å². The molecule has 3 rings (SSSR count). The fraction of sp³-hybridized carbons (Fsp3) is 0.600. The lowest BCUT2D eigenvalue weighted by Gasteiger charge is -2.23. The van der Waals surface area contributed by atoms with Gasteiger partial charge in [-0.1, -0.05) is 0 Å². The lowest BCUT2D eigenvalue weighted by Crippen LogP contribution is -2.37. The highest BCUT2D eigenvalue weighted by Gasteiger charge is 2.46. The molecule has 1 unspecified atom stereocenters. The van der Waals surface area contributed by atoms with Crippen LogP contribution in [0.25, 0.3) is 0 Å². The lowest BCUT2D eigenvalue weighted by atomic mass is 10.1. The zero-order chi connectivity index (χ0) is 19.7. The first-order valence-corrected chi connectivity index (χ1v) is 8.29.